The van der Waals surface area contributed by atoms with Crippen LogP contribution in [0.3, 0.4) is 0 Å². The van der Waals surface area contributed by atoms with Crippen molar-refractivity contribution in [2.75, 3.05) is 19.5 Å². The Labute approximate surface area is 211 Å². The number of pyridine rings is 1. The van der Waals surface area contributed by atoms with Crippen LogP contribution in [-0.4, -0.2) is 44.0 Å². The largest absolute Gasteiger partial charge is 0.477 e. The molecule has 1 fully saturated rings. The van der Waals surface area contributed by atoms with Crippen molar-refractivity contribution in [3.63, 3.8) is 0 Å². The van der Waals surface area contributed by atoms with Gasteiger partial charge in [-0.3, -0.25) is 4.98 Å². The first-order valence-electron chi connectivity index (χ1n) is 11.5. The summed E-state index contributed by atoms with van der Waals surface area (Å²) in [6.45, 7) is 3.27. The van der Waals surface area contributed by atoms with E-state index in [0.29, 0.717) is 41.5 Å². The SMILES string of the molecule is COC(=O)c1cc(C)nc(-c2cnn(C)c2OCC2CC(Cn3c(N)nc4ccc(Br)cc43)C2)c1. The van der Waals surface area contributed by atoms with Crippen molar-refractivity contribution in [1.82, 2.24) is 24.3 Å². The predicted octanol–water partition coefficient (Wildman–Crippen LogP) is 4.38. The van der Waals surface area contributed by atoms with Crippen LogP contribution in [0, 0.1) is 18.8 Å². The number of rotatable bonds is 7. The number of nitrogen functional groups attached to an aromatic ring is 1. The molecule has 0 spiro atoms. The molecule has 0 bridgehead atoms. The Kier molecular flexibility index (Phi) is 6.22. The van der Waals surface area contributed by atoms with Crippen LogP contribution in [0.15, 0.2) is 41.0 Å². The third-order valence-electron chi connectivity index (χ3n) is 6.50. The topological polar surface area (TPSA) is 110 Å². The van der Waals surface area contributed by atoms with Crippen molar-refractivity contribution in [1.29, 1.82) is 0 Å². The number of fused-ring (bicyclic) bond motifs is 1. The first-order valence-corrected chi connectivity index (χ1v) is 12.2. The number of halogens is 1. The fourth-order valence-corrected chi connectivity index (χ4v) is 5.08. The van der Waals surface area contributed by atoms with E-state index < -0.39 is 5.97 Å². The van der Waals surface area contributed by atoms with Crippen LogP contribution in [0.25, 0.3) is 22.3 Å². The number of methoxy groups -OCH3 is 1. The van der Waals surface area contributed by atoms with Crippen LogP contribution in [0.5, 0.6) is 5.88 Å². The lowest BCUT2D eigenvalue weighted by Crippen LogP contribution is -2.32. The van der Waals surface area contributed by atoms with Gasteiger partial charge in [0, 0.05) is 23.8 Å². The summed E-state index contributed by atoms with van der Waals surface area (Å²) in [5.41, 5.74) is 10.7. The highest BCUT2D eigenvalue weighted by Crippen LogP contribution is 2.38. The van der Waals surface area contributed by atoms with Gasteiger partial charge in [-0.25, -0.2) is 14.5 Å². The van der Waals surface area contributed by atoms with Crippen LogP contribution in [0.4, 0.5) is 5.95 Å². The van der Waals surface area contributed by atoms with Gasteiger partial charge < -0.3 is 19.8 Å². The number of benzene rings is 1. The smallest absolute Gasteiger partial charge is 0.337 e. The standard InChI is InChI=1S/C25H27BrN6O3/c1-14-6-17(24(33)34-3)9-21(29-14)19-11-28-31(2)23(19)35-13-16-7-15(8-16)12-32-22-10-18(26)4-5-20(22)30-25(32)27/h4-6,9-11,15-16H,7-8,12-13H2,1-3H3,(H2,27,30). The van der Waals surface area contributed by atoms with Crippen molar-refractivity contribution in [2.45, 2.75) is 26.3 Å². The van der Waals surface area contributed by atoms with Gasteiger partial charge in [-0.2, -0.15) is 5.10 Å². The molecule has 0 amide bonds. The van der Waals surface area contributed by atoms with E-state index in [1.54, 1.807) is 23.0 Å². The Bertz CT molecular complexity index is 1410. The zero-order valence-corrected chi connectivity index (χ0v) is 21.4. The van der Waals surface area contributed by atoms with E-state index in [9.17, 15) is 4.79 Å². The second kappa shape index (κ2) is 9.33. The maximum atomic E-state index is 12.0. The van der Waals surface area contributed by atoms with Gasteiger partial charge in [-0.1, -0.05) is 15.9 Å². The second-order valence-electron chi connectivity index (χ2n) is 9.09. The highest BCUT2D eigenvalue weighted by Gasteiger charge is 2.31. The summed E-state index contributed by atoms with van der Waals surface area (Å²) >= 11 is 3.54. The molecule has 1 aliphatic rings. The van der Waals surface area contributed by atoms with Crippen molar-refractivity contribution in [3.8, 4) is 17.1 Å². The van der Waals surface area contributed by atoms with E-state index in [0.717, 1.165) is 46.1 Å². The number of ether oxygens (including phenoxy) is 2. The highest BCUT2D eigenvalue weighted by atomic mass is 79.9. The molecule has 2 N–H and O–H groups in total. The van der Waals surface area contributed by atoms with Crippen molar-refractivity contribution < 1.29 is 14.3 Å². The summed E-state index contributed by atoms with van der Waals surface area (Å²) in [5.74, 6) is 1.75. The van der Waals surface area contributed by atoms with Gasteiger partial charge >= 0.3 is 5.97 Å². The summed E-state index contributed by atoms with van der Waals surface area (Å²) in [4.78, 5) is 21.1. The number of carbonyl (C=O) groups is 1. The van der Waals surface area contributed by atoms with Crippen LogP contribution in [0.2, 0.25) is 0 Å². The zero-order valence-electron chi connectivity index (χ0n) is 19.9. The number of hydrogen-bond acceptors (Lipinski definition) is 7. The summed E-state index contributed by atoms with van der Waals surface area (Å²) < 4.78 is 15.9. The number of esters is 1. The molecule has 3 heterocycles. The molecular formula is C25H27BrN6O3. The molecule has 182 valence electrons. The molecule has 10 heteroatoms. The van der Waals surface area contributed by atoms with E-state index in [2.05, 4.69) is 41.6 Å². The second-order valence-corrected chi connectivity index (χ2v) is 10.0. The number of hydrogen-bond donors (Lipinski definition) is 1. The first kappa shape index (κ1) is 23.3. The number of imidazole rings is 1. The molecule has 4 aromatic rings. The first-order chi connectivity index (χ1) is 16.8. The average Bonchev–Trinajstić information content (AvgIpc) is 3.32. The predicted molar refractivity (Wildman–Crippen MR) is 136 cm³/mol. The molecule has 0 atom stereocenters. The van der Waals surface area contributed by atoms with Gasteiger partial charge in [0.05, 0.1) is 47.8 Å². The lowest BCUT2D eigenvalue weighted by molar-refractivity contribution is 0.0600. The van der Waals surface area contributed by atoms with Crippen LogP contribution in [0.1, 0.15) is 28.9 Å². The lowest BCUT2D eigenvalue weighted by atomic mass is 9.75. The molecule has 0 aliphatic heterocycles. The summed E-state index contributed by atoms with van der Waals surface area (Å²) in [5, 5.41) is 4.36. The van der Waals surface area contributed by atoms with E-state index >= 15 is 0 Å². The van der Waals surface area contributed by atoms with Gasteiger partial charge in [0.2, 0.25) is 11.8 Å². The monoisotopic (exact) mass is 538 g/mol. The fourth-order valence-electron chi connectivity index (χ4n) is 4.74. The van der Waals surface area contributed by atoms with Crippen molar-refractivity contribution in [2.24, 2.45) is 18.9 Å². The summed E-state index contributed by atoms with van der Waals surface area (Å²) in [6, 6.07) is 9.43. The molecule has 1 saturated carbocycles. The Balaban J connectivity index is 1.24. The van der Waals surface area contributed by atoms with Crippen LogP contribution in [-0.2, 0) is 18.3 Å². The third kappa shape index (κ3) is 4.62. The van der Waals surface area contributed by atoms with E-state index in [-0.39, 0.29) is 0 Å². The fraction of sp³-hybridized carbons (Fsp3) is 0.360. The number of carbonyl (C=O) groups excluding carboxylic acids is 1. The Morgan fingerprint density at radius 1 is 1.20 bits per heavy atom. The van der Waals surface area contributed by atoms with Gasteiger partial charge in [0.15, 0.2) is 0 Å². The van der Waals surface area contributed by atoms with Gasteiger partial charge in [-0.05, 0) is 61.9 Å². The maximum absolute atomic E-state index is 12.0. The molecule has 1 aromatic carbocycles. The quantitative estimate of drug-likeness (QED) is 0.347. The van der Waals surface area contributed by atoms with Crippen molar-refractivity contribution >= 4 is 38.9 Å². The number of aromatic nitrogens is 5. The molecule has 35 heavy (non-hydrogen) atoms. The molecule has 0 radical (unpaired) electrons. The minimum atomic E-state index is -0.401. The van der Waals surface area contributed by atoms with E-state index in [1.165, 1.54) is 7.11 Å². The third-order valence-corrected chi connectivity index (χ3v) is 7.00. The van der Waals surface area contributed by atoms with Gasteiger partial charge in [0.25, 0.3) is 0 Å². The minimum Gasteiger partial charge on any atom is -0.477 e. The lowest BCUT2D eigenvalue weighted by Gasteiger charge is -2.35. The number of aryl methyl sites for hydroxylation is 2. The zero-order chi connectivity index (χ0) is 24.7. The van der Waals surface area contributed by atoms with Gasteiger partial charge in [0.1, 0.15) is 0 Å². The van der Waals surface area contributed by atoms with E-state index in [4.69, 9.17) is 15.2 Å². The molecular weight excluding hydrogens is 512 g/mol. The average molecular weight is 539 g/mol. The molecule has 0 unspecified atom stereocenters. The molecule has 3 aromatic heterocycles. The summed E-state index contributed by atoms with van der Waals surface area (Å²) in [6.07, 6.45) is 3.82. The minimum absolute atomic E-state index is 0.401. The molecule has 0 saturated heterocycles. The molecule has 5 rings (SSSR count). The number of nitrogens with zero attached hydrogens (tertiary/aromatic N) is 5. The summed E-state index contributed by atoms with van der Waals surface area (Å²) in [7, 11) is 3.20. The van der Waals surface area contributed by atoms with Crippen LogP contribution >= 0.6 is 15.9 Å². The number of nitrogens with two attached hydrogens (primary N) is 1. The number of anilines is 1. The van der Waals surface area contributed by atoms with Crippen molar-refractivity contribution in [3.05, 3.63) is 52.3 Å². The Morgan fingerprint density at radius 3 is 2.77 bits per heavy atom. The Hall–Kier alpha value is -3.40. The molecule has 9 nitrogen and oxygen atoms in total. The van der Waals surface area contributed by atoms with Crippen LogP contribution < -0.4 is 10.5 Å². The highest BCUT2D eigenvalue weighted by molar-refractivity contribution is 9.10. The molecule has 1 aliphatic carbocycles. The normalized spacial score (nSPS) is 17.4. The maximum Gasteiger partial charge on any atom is 0.337 e. The van der Waals surface area contributed by atoms with Gasteiger partial charge in [-0.15, -0.1) is 0 Å². The Morgan fingerprint density at radius 2 is 2.00 bits per heavy atom. The van der Waals surface area contributed by atoms with E-state index in [1.807, 2.05) is 26.1 Å².